The molecule has 0 radical (unpaired) electrons. The maximum absolute atomic E-state index is 14.5. The Morgan fingerprint density at radius 2 is 1.90 bits per heavy atom. The van der Waals surface area contributed by atoms with Gasteiger partial charge in [-0.15, -0.1) is 0 Å². The van der Waals surface area contributed by atoms with Crippen molar-refractivity contribution in [3.05, 3.63) is 53.4 Å². The molecule has 2 aliphatic rings. The Morgan fingerprint density at radius 3 is 2.63 bits per heavy atom. The quantitative estimate of drug-likeness (QED) is 0.655. The van der Waals surface area contributed by atoms with E-state index in [2.05, 4.69) is 30.4 Å². The fraction of sp³-hybridized carbons (Fsp3) is 0.250. The van der Waals surface area contributed by atoms with Crippen molar-refractivity contribution in [3.63, 3.8) is 0 Å². The van der Waals surface area contributed by atoms with Crippen molar-refractivity contribution in [1.29, 1.82) is 0 Å². The molecular weight excluding hydrogens is 410 g/mol. The first-order chi connectivity index (χ1) is 14.5. The average Bonchev–Trinajstić information content (AvgIpc) is 3.00. The van der Waals surface area contributed by atoms with Gasteiger partial charge < -0.3 is 10.2 Å². The third kappa shape index (κ3) is 3.17. The second kappa shape index (κ2) is 7.28. The normalized spacial score (nSPS) is 16.4. The average molecular weight is 428 g/mol. The van der Waals surface area contributed by atoms with E-state index < -0.39 is 22.4 Å². The lowest BCUT2D eigenvalue weighted by molar-refractivity contribution is 0.579. The van der Waals surface area contributed by atoms with Crippen molar-refractivity contribution in [2.75, 3.05) is 34.8 Å². The second-order valence-corrected chi connectivity index (χ2v) is 8.85. The van der Waals surface area contributed by atoms with E-state index in [-0.39, 0.29) is 11.4 Å². The number of pyridine rings is 1. The minimum absolute atomic E-state index is 0.0537. The Hall–Kier alpha value is -3.14. The van der Waals surface area contributed by atoms with Crippen LogP contribution in [0.3, 0.4) is 0 Å². The van der Waals surface area contributed by atoms with Gasteiger partial charge in [-0.05, 0) is 25.1 Å². The predicted molar refractivity (Wildman–Crippen MR) is 113 cm³/mol. The van der Waals surface area contributed by atoms with Crippen LogP contribution in [-0.4, -0.2) is 49.8 Å². The monoisotopic (exact) mass is 428 g/mol. The molecule has 2 aliphatic heterocycles. The van der Waals surface area contributed by atoms with Crippen molar-refractivity contribution in [2.24, 2.45) is 4.99 Å². The number of benzene rings is 1. The fourth-order valence-corrected chi connectivity index (χ4v) is 4.69. The van der Waals surface area contributed by atoms with Gasteiger partial charge in [-0.1, -0.05) is 6.07 Å². The molecule has 0 spiro atoms. The minimum atomic E-state index is -0.791. The molecule has 2 N–H and O–H groups in total. The zero-order valence-corrected chi connectivity index (χ0v) is 16.9. The van der Waals surface area contributed by atoms with Crippen molar-refractivity contribution >= 4 is 33.8 Å². The van der Waals surface area contributed by atoms with Gasteiger partial charge >= 0.3 is 0 Å². The third-order valence-corrected chi connectivity index (χ3v) is 6.51. The summed E-state index contributed by atoms with van der Waals surface area (Å²) in [5, 5.41) is 10.3. The summed E-state index contributed by atoms with van der Waals surface area (Å²) in [6.45, 7) is 3.11. The van der Waals surface area contributed by atoms with Crippen LogP contribution in [0.2, 0.25) is 0 Å². The maximum Gasteiger partial charge on any atom is 0.144 e. The highest BCUT2D eigenvalue weighted by Gasteiger charge is 2.26. The van der Waals surface area contributed by atoms with Crippen LogP contribution in [0.5, 0.6) is 0 Å². The number of nitrogens with one attached hydrogen (secondary N) is 2. The van der Waals surface area contributed by atoms with Crippen LogP contribution in [0.15, 0.2) is 35.5 Å². The number of fused-ring (bicyclic) bond motifs is 3. The molecule has 5 rings (SSSR count). The first-order valence-electron chi connectivity index (χ1n) is 9.46. The Labute approximate surface area is 173 Å². The molecular formula is C20H18F2N6OS. The molecule has 154 valence electrons. The number of aromatic nitrogens is 3. The molecule has 1 aromatic carbocycles. The first-order valence-corrected chi connectivity index (χ1v) is 11.0. The molecule has 7 nitrogen and oxygen atoms in total. The van der Waals surface area contributed by atoms with Gasteiger partial charge in [-0.25, -0.2) is 18.8 Å². The van der Waals surface area contributed by atoms with Gasteiger partial charge in [0.15, 0.2) is 0 Å². The highest BCUT2D eigenvalue weighted by Crippen LogP contribution is 2.40. The number of anilines is 2. The predicted octanol–water partition coefficient (Wildman–Crippen LogP) is 3.13. The molecule has 10 heteroatoms. The second-order valence-electron chi connectivity index (χ2n) is 7.15. The maximum atomic E-state index is 14.5. The zero-order valence-electron chi connectivity index (χ0n) is 16.1. The number of hydrogen-bond acceptors (Lipinski definition) is 6. The van der Waals surface area contributed by atoms with Crippen LogP contribution in [0.1, 0.15) is 11.3 Å². The van der Waals surface area contributed by atoms with Crippen LogP contribution < -0.4 is 10.2 Å². The highest BCUT2D eigenvalue weighted by atomic mass is 32.2. The van der Waals surface area contributed by atoms with Crippen LogP contribution >= 0.6 is 0 Å². The summed E-state index contributed by atoms with van der Waals surface area (Å²) in [4.78, 5) is 11.1. The molecule has 1 fully saturated rings. The SMILES string of the molecule is Cc1[nH]nc2c1N=C(c1c(F)cccc1F)Nc1cnc(N3CCS(=O)CC3)cc1-2. The standard InChI is InChI=1S/C20H18F2N6OS/c1-11-18-19(27-26-11)12-9-16(28-5-7-30(29)8-6-28)23-10-15(12)24-20(25-18)17-13(21)3-2-4-14(17)22/h2-4,9-10H,5-8H2,1H3,(H,24,25)(H,26,27). The van der Waals surface area contributed by atoms with Crippen LogP contribution in [0.4, 0.5) is 26.0 Å². The third-order valence-electron chi connectivity index (χ3n) is 5.24. The Bertz CT molecular complexity index is 1180. The molecule has 0 atom stereocenters. The largest absolute Gasteiger partial charge is 0.355 e. The number of H-pyrrole nitrogens is 1. The number of aromatic amines is 1. The number of nitrogens with zero attached hydrogens (tertiary/aromatic N) is 4. The van der Waals surface area contributed by atoms with Gasteiger partial charge in [0.1, 0.15) is 34.7 Å². The van der Waals surface area contributed by atoms with Gasteiger partial charge in [0.25, 0.3) is 0 Å². The van der Waals surface area contributed by atoms with Crippen molar-refractivity contribution in [1.82, 2.24) is 15.2 Å². The van der Waals surface area contributed by atoms with E-state index in [9.17, 15) is 13.0 Å². The Morgan fingerprint density at radius 1 is 1.17 bits per heavy atom. The molecule has 0 amide bonds. The Kier molecular flexibility index (Phi) is 4.58. The number of aryl methyl sites for hydroxylation is 1. The van der Waals surface area contributed by atoms with Gasteiger partial charge in [-0.3, -0.25) is 9.31 Å². The molecule has 0 bridgehead atoms. The van der Waals surface area contributed by atoms with E-state index in [1.54, 1.807) is 13.1 Å². The van der Waals surface area contributed by atoms with E-state index in [0.29, 0.717) is 47.4 Å². The molecule has 3 aromatic rings. The van der Waals surface area contributed by atoms with E-state index in [0.717, 1.165) is 11.4 Å². The van der Waals surface area contributed by atoms with Crippen LogP contribution in [0, 0.1) is 18.6 Å². The van der Waals surface area contributed by atoms with Gasteiger partial charge in [-0.2, -0.15) is 5.10 Å². The smallest absolute Gasteiger partial charge is 0.144 e. The summed E-state index contributed by atoms with van der Waals surface area (Å²) in [6.07, 6.45) is 1.61. The summed E-state index contributed by atoms with van der Waals surface area (Å²) in [5.41, 5.74) is 2.80. The van der Waals surface area contributed by atoms with Gasteiger partial charge in [0.05, 0.1) is 23.1 Å². The van der Waals surface area contributed by atoms with Crippen molar-refractivity contribution in [3.8, 4) is 11.3 Å². The molecule has 0 unspecified atom stereocenters. The zero-order chi connectivity index (χ0) is 20.8. The highest BCUT2D eigenvalue weighted by molar-refractivity contribution is 7.85. The van der Waals surface area contributed by atoms with Gasteiger partial charge in [0.2, 0.25) is 0 Å². The molecule has 2 aromatic heterocycles. The summed E-state index contributed by atoms with van der Waals surface area (Å²) in [5.74, 6) is 0.571. The van der Waals surface area contributed by atoms with Crippen molar-refractivity contribution < 1.29 is 13.0 Å². The Balaban J connectivity index is 1.63. The topological polar surface area (TPSA) is 86.3 Å². The number of rotatable bonds is 2. The lowest BCUT2D eigenvalue weighted by atomic mass is 10.1. The van der Waals surface area contributed by atoms with E-state index in [4.69, 9.17) is 0 Å². The lowest BCUT2D eigenvalue weighted by Gasteiger charge is -2.27. The van der Waals surface area contributed by atoms with E-state index in [1.807, 2.05) is 6.07 Å². The molecule has 30 heavy (non-hydrogen) atoms. The number of aliphatic imine (C=N–C) groups is 1. The number of hydrogen-bond donors (Lipinski definition) is 2. The van der Waals surface area contributed by atoms with Crippen molar-refractivity contribution in [2.45, 2.75) is 6.92 Å². The lowest BCUT2D eigenvalue weighted by Crippen LogP contribution is -2.38. The van der Waals surface area contributed by atoms with E-state index >= 15 is 0 Å². The first kappa shape index (κ1) is 18.9. The summed E-state index contributed by atoms with van der Waals surface area (Å²) in [7, 11) is -0.791. The molecule has 0 aliphatic carbocycles. The van der Waals surface area contributed by atoms with Crippen LogP contribution in [0.25, 0.3) is 11.3 Å². The summed E-state index contributed by atoms with van der Waals surface area (Å²) >= 11 is 0. The minimum Gasteiger partial charge on any atom is -0.355 e. The number of halogens is 2. The molecule has 0 saturated carbocycles. The summed E-state index contributed by atoms with van der Waals surface area (Å²) < 4.78 is 40.6. The van der Waals surface area contributed by atoms with Crippen LogP contribution in [-0.2, 0) is 10.8 Å². The molecule has 4 heterocycles. The van der Waals surface area contributed by atoms with E-state index in [1.165, 1.54) is 18.2 Å². The van der Waals surface area contributed by atoms with Gasteiger partial charge in [0, 0.05) is 41.0 Å². The molecule has 1 saturated heterocycles. The number of amidine groups is 1. The fourth-order valence-electron chi connectivity index (χ4n) is 3.64. The summed E-state index contributed by atoms with van der Waals surface area (Å²) in [6, 6.07) is 5.58.